The van der Waals surface area contributed by atoms with E-state index < -0.39 is 54.2 Å². The molecule has 12 nitrogen and oxygen atoms in total. The van der Waals surface area contributed by atoms with Crippen molar-refractivity contribution >= 4 is 43.8 Å². The number of carboxylic acids is 1. The van der Waals surface area contributed by atoms with E-state index in [0.717, 1.165) is 42.1 Å². The molecule has 0 aliphatic carbocycles. The molecule has 1 aromatic carbocycles. The summed E-state index contributed by atoms with van der Waals surface area (Å²) in [6, 6.07) is 4.87. The lowest BCUT2D eigenvalue weighted by Gasteiger charge is -2.41. The molecular weight excluding hydrogens is 755 g/mol. The fourth-order valence-corrected chi connectivity index (χ4v) is 8.71. The van der Waals surface area contributed by atoms with Gasteiger partial charge >= 0.3 is 5.97 Å². The highest BCUT2D eigenvalue weighted by molar-refractivity contribution is 7.22. The number of hydrogen-bond donors (Lipinski definition) is 3. The van der Waals surface area contributed by atoms with E-state index in [1.54, 1.807) is 30.9 Å². The summed E-state index contributed by atoms with van der Waals surface area (Å²) in [5.74, 6) is -3.22. The number of likely N-dealkylation sites (tertiary alicyclic amines) is 1. The molecule has 1 aliphatic rings. The third-order valence-electron chi connectivity index (χ3n) is 12.2. The molecule has 13 heteroatoms. The molecule has 58 heavy (non-hydrogen) atoms. The van der Waals surface area contributed by atoms with E-state index >= 15 is 0 Å². The van der Waals surface area contributed by atoms with E-state index in [0.29, 0.717) is 25.8 Å². The Morgan fingerprint density at radius 3 is 2.16 bits per heavy atom. The number of carbonyl (C=O) groups is 5. The normalized spacial score (nSPS) is 18.4. The van der Waals surface area contributed by atoms with Crippen LogP contribution in [0.5, 0.6) is 0 Å². The van der Waals surface area contributed by atoms with Crippen molar-refractivity contribution in [3.05, 3.63) is 35.4 Å². The molecule has 1 fully saturated rings. The summed E-state index contributed by atoms with van der Waals surface area (Å²) in [4.78, 5) is 71.3. The topological polar surface area (TPSA) is 155 Å². The number of ether oxygens (including phenoxy) is 2. The molecule has 9 atom stereocenters. The zero-order valence-corrected chi connectivity index (χ0v) is 38.4. The molecule has 1 aromatic rings. The number of hydrogen-bond acceptors (Lipinski definition) is 7. The van der Waals surface area contributed by atoms with Crippen LogP contribution < -0.4 is 10.6 Å². The highest BCUT2D eigenvalue weighted by Gasteiger charge is 2.43. The molecule has 0 saturated carbocycles. The Balaban J connectivity index is 2.26. The van der Waals surface area contributed by atoms with Gasteiger partial charge in [-0.25, -0.2) is 4.79 Å². The van der Waals surface area contributed by atoms with Crippen molar-refractivity contribution in [3.8, 4) is 0 Å². The van der Waals surface area contributed by atoms with Gasteiger partial charge in [0.2, 0.25) is 23.6 Å². The van der Waals surface area contributed by atoms with Gasteiger partial charge in [-0.15, -0.1) is 8.86 Å². The van der Waals surface area contributed by atoms with E-state index in [4.69, 9.17) is 9.47 Å². The van der Waals surface area contributed by atoms with Gasteiger partial charge in [0.1, 0.15) is 12.1 Å². The van der Waals surface area contributed by atoms with Gasteiger partial charge in [0, 0.05) is 40.2 Å². The van der Waals surface area contributed by atoms with Crippen LogP contribution in [0.4, 0.5) is 0 Å². The third-order valence-corrected chi connectivity index (χ3v) is 12.7. The van der Waals surface area contributed by atoms with Crippen LogP contribution in [0.15, 0.2) is 24.3 Å². The Bertz CT molecular complexity index is 1520. The largest absolute Gasteiger partial charge is 0.480 e. The van der Waals surface area contributed by atoms with Crippen LogP contribution in [0.25, 0.3) is 0 Å². The number of carbonyl (C=O) groups excluding carboxylic acids is 4. The highest BCUT2D eigenvalue weighted by Crippen LogP contribution is 2.30. The van der Waals surface area contributed by atoms with Crippen molar-refractivity contribution in [2.75, 3.05) is 27.8 Å². The first kappa shape index (κ1) is 50.8. The number of benzene rings is 1. The van der Waals surface area contributed by atoms with Crippen LogP contribution in [0, 0.1) is 29.6 Å². The number of nitrogens with one attached hydrogen (secondary N) is 2. The van der Waals surface area contributed by atoms with E-state index in [1.165, 1.54) is 7.11 Å². The van der Waals surface area contributed by atoms with Gasteiger partial charge in [0.05, 0.1) is 36.6 Å². The number of amides is 4. The van der Waals surface area contributed by atoms with Crippen molar-refractivity contribution in [3.63, 3.8) is 0 Å². The summed E-state index contributed by atoms with van der Waals surface area (Å²) >= 11 is 0. The summed E-state index contributed by atoms with van der Waals surface area (Å²) < 4.78 is 11.9. The monoisotopic (exact) mass is 831 g/mol. The van der Waals surface area contributed by atoms with Gasteiger partial charge in [-0.05, 0) is 66.3 Å². The molecular formula is C45H75N4O8P. The van der Waals surface area contributed by atoms with Gasteiger partial charge < -0.3 is 35.0 Å². The minimum Gasteiger partial charge on any atom is -0.480 e. The summed E-state index contributed by atoms with van der Waals surface area (Å²) in [7, 11) is 8.51. The number of nitrogens with zero attached hydrogens (tertiary/aromatic N) is 2. The number of likely N-dealkylation sites (N-methyl/N-ethyl adjacent to an activating group) is 1. The summed E-state index contributed by atoms with van der Waals surface area (Å²) in [5.41, 5.74) is 1.77. The van der Waals surface area contributed by atoms with Gasteiger partial charge in [-0.2, -0.15) is 0 Å². The maximum Gasteiger partial charge on any atom is 0.326 e. The second kappa shape index (κ2) is 24.7. The lowest BCUT2D eigenvalue weighted by Crippen LogP contribution is -2.58. The summed E-state index contributed by atoms with van der Waals surface area (Å²) in [6.45, 7) is 18.2. The Morgan fingerprint density at radius 1 is 0.948 bits per heavy atom. The fraction of sp³-hybridized carbons (Fsp3) is 0.733. The molecule has 0 spiro atoms. The number of aliphatic carboxylic acids is 1. The number of carboxylic acid groups (broad SMARTS) is 1. The lowest BCUT2D eigenvalue weighted by molar-refractivity contribution is -0.148. The Hall–Kier alpha value is -3.34. The Kier molecular flexibility index (Phi) is 21.6. The SMILES string of the molecule is CCCCC(=P)c1cccc(C[C@H](NC(=O)[C@H](C)[C@@H](OC)[C@@H]2CCCN2C(=O)C[C@@H](OC)[C@H]([C@@H](C)CC)N(C)C(=O)[C@@H](NC(=O)[C@@H](CC)C(C)C)C(C)C)C(=O)O)c1. The average Bonchev–Trinajstić information content (AvgIpc) is 3.67. The second-order valence-electron chi connectivity index (χ2n) is 17.0. The van der Waals surface area contributed by atoms with Crippen LogP contribution >= 0.6 is 8.86 Å². The molecule has 1 saturated heterocycles. The van der Waals surface area contributed by atoms with E-state index in [2.05, 4.69) is 26.4 Å². The van der Waals surface area contributed by atoms with Crippen molar-refractivity contribution in [2.45, 2.75) is 156 Å². The van der Waals surface area contributed by atoms with Crippen LogP contribution in [0.3, 0.4) is 0 Å². The molecule has 4 amide bonds. The maximum absolute atomic E-state index is 14.3. The fourth-order valence-electron chi connectivity index (χ4n) is 8.38. The molecule has 2 rings (SSSR count). The number of rotatable bonds is 25. The predicted molar refractivity (Wildman–Crippen MR) is 233 cm³/mol. The smallest absolute Gasteiger partial charge is 0.326 e. The lowest BCUT2D eigenvalue weighted by atomic mass is 9.89. The van der Waals surface area contributed by atoms with Crippen molar-refractivity contribution in [1.29, 1.82) is 0 Å². The molecule has 1 heterocycles. The molecule has 1 aliphatic heterocycles. The Labute approximate surface area is 351 Å². The van der Waals surface area contributed by atoms with Gasteiger partial charge in [0.15, 0.2) is 0 Å². The molecule has 328 valence electrons. The number of methoxy groups -OCH3 is 2. The van der Waals surface area contributed by atoms with Crippen LogP contribution in [0.2, 0.25) is 0 Å². The zero-order chi connectivity index (χ0) is 43.9. The first-order valence-corrected chi connectivity index (χ1v) is 22.0. The van der Waals surface area contributed by atoms with Gasteiger partial charge in [-0.3, -0.25) is 19.2 Å². The molecule has 0 radical (unpaired) electrons. The molecule has 0 unspecified atom stereocenters. The molecule has 3 N–H and O–H groups in total. The maximum atomic E-state index is 14.3. The van der Waals surface area contributed by atoms with Crippen LogP contribution in [0.1, 0.15) is 125 Å². The standard InChI is InChI=1S/C45H75N4O8P/c1-13-16-22-37(58)32-20-17-19-31(24-32)25-34(45(54)55)46-42(51)30(9)41(57-12)35-21-18-23-49(35)38(50)26-36(56-11)40(29(8)14-2)48(10)44(53)39(28(6)7)47-43(52)33(15-3)27(4)5/h17,19-20,24,27-30,33-36,39-41,58H,13-16,18,21-23,25-26H2,1-12H3,(H,46,51)(H,47,52)(H,54,55)/t29-,30+,33-,34-,35-,36+,39-,40-,41+/m0/s1. The minimum absolute atomic E-state index is 0.00733. The second-order valence-corrected chi connectivity index (χ2v) is 17.6. The van der Waals surface area contributed by atoms with Crippen LogP contribution in [-0.2, 0) is 39.9 Å². The Morgan fingerprint density at radius 2 is 1.62 bits per heavy atom. The molecule has 0 aromatic heterocycles. The first-order chi connectivity index (χ1) is 27.4. The van der Waals surface area contributed by atoms with Gasteiger partial charge in [-0.1, -0.05) is 99.4 Å². The van der Waals surface area contributed by atoms with E-state index in [9.17, 15) is 29.1 Å². The predicted octanol–water partition coefficient (Wildman–Crippen LogP) is 6.40. The average molecular weight is 831 g/mol. The van der Waals surface area contributed by atoms with E-state index in [1.807, 2.05) is 72.7 Å². The van der Waals surface area contributed by atoms with Gasteiger partial charge in [0.25, 0.3) is 0 Å². The van der Waals surface area contributed by atoms with E-state index in [-0.39, 0.29) is 54.2 Å². The van der Waals surface area contributed by atoms with Crippen molar-refractivity contribution in [2.24, 2.45) is 29.6 Å². The summed E-state index contributed by atoms with van der Waals surface area (Å²) in [6.07, 6.45) is 4.42. The van der Waals surface area contributed by atoms with Crippen LogP contribution in [-0.4, -0.2) is 114 Å². The third kappa shape index (κ3) is 13.9. The summed E-state index contributed by atoms with van der Waals surface area (Å²) in [5, 5.41) is 17.0. The molecule has 0 bridgehead atoms. The van der Waals surface area contributed by atoms with Crippen molar-refractivity contribution in [1.82, 2.24) is 20.4 Å². The first-order valence-electron chi connectivity index (χ1n) is 21.5. The minimum atomic E-state index is -1.16. The quantitative estimate of drug-likeness (QED) is 0.0959. The zero-order valence-electron chi connectivity index (χ0n) is 37.4. The van der Waals surface area contributed by atoms with Crippen molar-refractivity contribution < 1.29 is 38.6 Å². The number of unbranched alkanes of at least 4 members (excludes halogenated alkanes) is 1. The highest BCUT2D eigenvalue weighted by atomic mass is 31.0.